The third-order valence-electron chi connectivity index (χ3n) is 9.90. The van der Waals surface area contributed by atoms with Crippen LogP contribution in [0.4, 0.5) is 9.59 Å². The van der Waals surface area contributed by atoms with Crippen LogP contribution >= 0.6 is 31.9 Å². The number of alkyl halides is 2. The molecule has 0 saturated heterocycles. The van der Waals surface area contributed by atoms with Crippen molar-refractivity contribution in [1.82, 2.24) is 0 Å². The van der Waals surface area contributed by atoms with Crippen molar-refractivity contribution in [2.75, 3.05) is 56.9 Å². The molecule has 23 nitrogen and oxygen atoms in total. The lowest BCUT2D eigenvalue weighted by Gasteiger charge is -2.28. The Kier molecular flexibility index (Phi) is 28.8. The maximum atomic E-state index is 13.5. The normalized spacial score (nSPS) is 15.0. The van der Waals surface area contributed by atoms with Crippen molar-refractivity contribution in [3.8, 4) is 0 Å². The second-order valence-electron chi connectivity index (χ2n) is 17.0. The van der Waals surface area contributed by atoms with Crippen LogP contribution in [0.5, 0.6) is 0 Å². The molecule has 7 unspecified atom stereocenters. The summed E-state index contributed by atoms with van der Waals surface area (Å²) in [6.45, 7) is 6.69. The van der Waals surface area contributed by atoms with Crippen LogP contribution in [0.2, 0.25) is 0 Å². The van der Waals surface area contributed by atoms with Crippen LogP contribution in [0.15, 0.2) is 30.3 Å². The fourth-order valence-corrected chi connectivity index (χ4v) is 5.86. The second-order valence-corrected chi connectivity index (χ2v) is 18.6. The van der Waals surface area contributed by atoms with E-state index < -0.39 is 134 Å². The van der Waals surface area contributed by atoms with Crippen LogP contribution in [-0.4, -0.2) is 147 Å². The number of Topliss-reactive ketones (excluding diaryl/α,β-unsaturated/α-hetero) is 1. The molecule has 0 N–H and O–H groups in total. The van der Waals surface area contributed by atoms with Crippen molar-refractivity contribution in [2.45, 2.75) is 119 Å². The molecular formula is C47H64Br2O23. The summed E-state index contributed by atoms with van der Waals surface area (Å²) in [7, 11) is 0. The summed E-state index contributed by atoms with van der Waals surface area (Å²) < 4.78 is 61.4. The summed E-state index contributed by atoms with van der Waals surface area (Å²) in [5.41, 5.74) is -4.42. The monoisotopic (exact) mass is 1150 g/mol. The van der Waals surface area contributed by atoms with Gasteiger partial charge >= 0.3 is 60.1 Å². The summed E-state index contributed by atoms with van der Waals surface area (Å²) in [6.07, 6.45) is -7.66. The number of esters is 8. The molecule has 0 aromatic heterocycles. The number of ether oxygens (including phenoxy) is 12. The minimum absolute atomic E-state index is 0.0209. The first-order valence-electron chi connectivity index (χ1n) is 22.4. The molecule has 1 rings (SSSR count). The highest BCUT2D eigenvalue weighted by Crippen LogP contribution is 2.25. The van der Waals surface area contributed by atoms with Gasteiger partial charge in [-0.15, -0.1) is 0 Å². The first-order chi connectivity index (χ1) is 33.7. The number of carbonyl (C=O) groups excluding carboxylic acids is 11. The maximum absolute atomic E-state index is 13.5. The third kappa shape index (κ3) is 24.0. The molecule has 0 bridgehead atoms. The van der Waals surface area contributed by atoms with Gasteiger partial charge in [0.15, 0.2) is 24.4 Å². The lowest BCUT2D eigenvalue weighted by atomic mass is 9.85. The molecule has 0 fully saturated rings. The van der Waals surface area contributed by atoms with Gasteiger partial charge in [-0.2, -0.15) is 0 Å². The van der Waals surface area contributed by atoms with Crippen LogP contribution in [0.25, 0.3) is 0 Å². The van der Waals surface area contributed by atoms with E-state index in [4.69, 9.17) is 56.8 Å². The summed E-state index contributed by atoms with van der Waals surface area (Å²) >= 11 is 6.49. The molecule has 1 aromatic rings. The van der Waals surface area contributed by atoms with Crippen LogP contribution in [0, 0.1) is 16.2 Å². The Morgan fingerprint density at radius 2 is 0.847 bits per heavy atom. The molecule has 72 heavy (non-hydrogen) atoms. The quantitative estimate of drug-likeness (QED) is 0.0379. The largest absolute Gasteiger partial charge is 0.509 e. The van der Waals surface area contributed by atoms with E-state index in [-0.39, 0.29) is 32.0 Å². The minimum atomic E-state index is -1.93. The minimum Gasteiger partial charge on any atom is -0.465 e. The van der Waals surface area contributed by atoms with Crippen molar-refractivity contribution >= 4 is 97.7 Å². The molecule has 7 atom stereocenters. The number of halogens is 2. The Morgan fingerprint density at radius 1 is 0.458 bits per heavy atom. The van der Waals surface area contributed by atoms with Gasteiger partial charge in [0.05, 0.1) is 12.0 Å². The topological polar surface area (TPSA) is 299 Å². The molecule has 0 heterocycles. The number of carbonyl (C=O) groups is 11. The average molecular weight is 1160 g/mol. The fraction of sp³-hybridized carbons (Fsp3) is 0.638. The SMILES string of the molecule is CC(=O)OCC(C)(COC(=O)OC(C)C(=O)OC(C)C(=O)OCC(C)(COC(=O)C(C)OC(=O)C(C)OC(=O)OCC(C)(COC(C)=O)C(=O)OCCCBr)C(=O)OCc1ccccc1)C(=O)CCCCBr. The molecule has 0 radical (unpaired) electrons. The number of ketones is 1. The third-order valence-corrected chi connectivity index (χ3v) is 11.0. The molecule has 0 saturated carbocycles. The van der Waals surface area contributed by atoms with Gasteiger partial charge in [-0.05, 0) is 73.3 Å². The molecule has 0 spiro atoms. The van der Waals surface area contributed by atoms with E-state index in [1.165, 1.54) is 20.8 Å². The molecule has 0 amide bonds. The Morgan fingerprint density at radius 3 is 1.29 bits per heavy atom. The molecule has 0 aliphatic carbocycles. The highest BCUT2D eigenvalue weighted by molar-refractivity contribution is 9.09. The Bertz CT molecular complexity index is 1900. The molecule has 1 aromatic carbocycles. The van der Waals surface area contributed by atoms with E-state index in [0.29, 0.717) is 35.5 Å². The molecule has 0 aliphatic heterocycles. The van der Waals surface area contributed by atoms with E-state index in [1.54, 1.807) is 30.3 Å². The molecular weight excluding hydrogens is 1090 g/mol. The number of hydrogen-bond acceptors (Lipinski definition) is 23. The van der Waals surface area contributed by atoms with E-state index in [0.717, 1.165) is 41.5 Å². The standard InChI is InChI=1S/C47H64Br2O23/c1-29(69-39(55)31(3)71-43(59)67-24-45(7,23-63-33(5)50)36(52)18-13-14-19-48)37(53)65-26-47(9,42(58)62-22-35-16-11-10-12-17-35)27-66-38(54)30(2)70-40(56)32(4)72-44(60)68-28-46(8,25-64-34(6)51)41(57)61-21-15-20-49/h10-12,16-17,29-32H,13-15,18-28H2,1-9H3. The zero-order chi connectivity index (χ0) is 54.7. The summed E-state index contributed by atoms with van der Waals surface area (Å²) in [5.74, 6) is -8.42. The van der Waals surface area contributed by atoms with E-state index in [2.05, 4.69) is 31.9 Å². The van der Waals surface area contributed by atoms with E-state index in [9.17, 15) is 52.7 Å². The number of hydrogen-bond donors (Lipinski definition) is 0. The molecule has 404 valence electrons. The zero-order valence-electron chi connectivity index (χ0n) is 41.7. The molecule has 25 heteroatoms. The number of unbranched alkanes of at least 4 members (excludes halogenated alkanes) is 1. The first-order valence-corrected chi connectivity index (χ1v) is 24.7. The average Bonchev–Trinajstić information content (AvgIpc) is 3.33. The highest BCUT2D eigenvalue weighted by Gasteiger charge is 2.42. The number of benzene rings is 1. The Hall–Kier alpha value is -5.85. The highest BCUT2D eigenvalue weighted by atomic mass is 79.9. The van der Waals surface area contributed by atoms with Gasteiger partial charge in [-0.25, -0.2) is 28.8 Å². The predicted molar refractivity (Wildman–Crippen MR) is 253 cm³/mol. The van der Waals surface area contributed by atoms with Crippen molar-refractivity contribution < 1.29 is 110 Å². The van der Waals surface area contributed by atoms with Crippen LogP contribution < -0.4 is 0 Å². The molecule has 0 aliphatic rings. The summed E-state index contributed by atoms with van der Waals surface area (Å²) in [6, 6.07) is 8.45. The zero-order valence-corrected chi connectivity index (χ0v) is 44.9. The van der Waals surface area contributed by atoms with Crippen molar-refractivity contribution in [1.29, 1.82) is 0 Å². The van der Waals surface area contributed by atoms with Gasteiger partial charge in [0.1, 0.15) is 62.9 Å². The lowest BCUT2D eigenvalue weighted by molar-refractivity contribution is -0.183. The van der Waals surface area contributed by atoms with E-state index in [1.807, 2.05) is 0 Å². The van der Waals surface area contributed by atoms with Gasteiger partial charge < -0.3 is 56.8 Å². The lowest BCUT2D eigenvalue weighted by Crippen LogP contribution is -2.43. The van der Waals surface area contributed by atoms with Crippen LogP contribution in [0.1, 0.15) is 93.6 Å². The van der Waals surface area contributed by atoms with Gasteiger partial charge in [-0.1, -0.05) is 62.2 Å². The van der Waals surface area contributed by atoms with Gasteiger partial charge in [0, 0.05) is 30.9 Å². The van der Waals surface area contributed by atoms with Gasteiger partial charge in [0.2, 0.25) is 0 Å². The van der Waals surface area contributed by atoms with Crippen molar-refractivity contribution in [3.05, 3.63) is 35.9 Å². The smallest absolute Gasteiger partial charge is 0.465 e. The van der Waals surface area contributed by atoms with Gasteiger partial charge in [0.25, 0.3) is 0 Å². The second kappa shape index (κ2) is 32.3. The van der Waals surface area contributed by atoms with Crippen LogP contribution in [-0.2, 0) is 107 Å². The van der Waals surface area contributed by atoms with Crippen molar-refractivity contribution in [3.63, 3.8) is 0 Å². The Labute approximate surface area is 433 Å². The Balaban J connectivity index is 2.95. The van der Waals surface area contributed by atoms with Gasteiger partial charge in [-0.3, -0.25) is 24.0 Å². The van der Waals surface area contributed by atoms with Crippen LogP contribution in [0.3, 0.4) is 0 Å². The summed E-state index contributed by atoms with van der Waals surface area (Å²) in [5, 5.41) is 1.20. The fourth-order valence-electron chi connectivity index (χ4n) is 5.24. The first kappa shape index (κ1) is 64.2. The summed E-state index contributed by atoms with van der Waals surface area (Å²) in [4.78, 5) is 139. The maximum Gasteiger partial charge on any atom is 0.509 e. The number of rotatable bonds is 32. The predicted octanol–water partition coefficient (Wildman–Crippen LogP) is 5.37. The van der Waals surface area contributed by atoms with E-state index >= 15 is 0 Å². The van der Waals surface area contributed by atoms with Crippen molar-refractivity contribution in [2.24, 2.45) is 16.2 Å².